The van der Waals surface area contributed by atoms with Gasteiger partial charge in [0, 0.05) is 34.5 Å². The van der Waals surface area contributed by atoms with Crippen molar-refractivity contribution in [2.45, 2.75) is 6.92 Å². The van der Waals surface area contributed by atoms with Crippen LogP contribution in [0.4, 0.5) is 5.69 Å². The Hall–Kier alpha value is -1.35. The number of nitrogens with one attached hydrogen (secondary N) is 1. The third kappa shape index (κ3) is 3.30. The van der Waals surface area contributed by atoms with Gasteiger partial charge >= 0.3 is 0 Å². The minimum Gasteiger partial charge on any atom is -0.384 e. The summed E-state index contributed by atoms with van der Waals surface area (Å²) in [5, 5.41) is 5.79. The first kappa shape index (κ1) is 12.1. The first-order valence-corrected chi connectivity index (χ1v) is 7.36. The van der Waals surface area contributed by atoms with Crippen molar-refractivity contribution in [3.63, 3.8) is 0 Å². The number of hydrogen-bond acceptors (Lipinski definition) is 2. The molecule has 2 rings (SSSR count). The second-order valence-corrected chi connectivity index (χ2v) is 5.79. The van der Waals surface area contributed by atoms with Crippen molar-refractivity contribution in [2.24, 2.45) is 0 Å². The molecule has 90 valence electrons. The third-order valence-corrected chi connectivity index (χ3v) is 4.03. The van der Waals surface area contributed by atoms with E-state index in [2.05, 4.69) is 35.6 Å². The van der Waals surface area contributed by atoms with Gasteiger partial charge in [-0.05, 0) is 22.9 Å². The normalized spacial score (nSPS) is 12.5. The number of fused-ring (bicyclic) bond motifs is 1. The van der Waals surface area contributed by atoms with E-state index in [9.17, 15) is 4.21 Å². The standard InChI is InChI=1S/C14H17NOS/c1-2-17(16)10-9-15-14-8-7-12-5-3-4-6-13(12)11-14/h3-8,11,15H,2,9-10H2,1H3. The quantitative estimate of drug-likeness (QED) is 0.880. The zero-order valence-electron chi connectivity index (χ0n) is 9.98. The van der Waals surface area contributed by atoms with Crippen LogP contribution in [0.2, 0.25) is 0 Å². The summed E-state index contributed by atoms with van der Waals surface area (Å²) in [6.45, 7) is 2.71. The van der Waals surface area contributed by atoms with Crippen molar-refractivity contribution in [1.29, 1.82) is 0 Å². The fraction of sp³-hybridized carbons (Fsp3) is 0.286. The van der Waals surface area contributed by atoms with E-state index in [4.69, 9.17) is 0 Å². The third-order valence-electron chi connectivity index (χ3n) is 2.73. The Morgan fingerprint density at radius 3 is 2.65 bits per heavy atom. The topological polar surface area (TPSA) is 29.1 Å². The maximum Gasteiger partial charge on any atom is 0.0408 e. The molecule has 1 unspecified atom stereocenters. The van der Waals surface area contributed by atoms with Crippen LogP contribution in [0.15, 0.2) is 42.5 Å². The van der Waals surface area contributed by atoms with Crippen molar-refractivity contribution in [1.82, 2.24) is 0 Å². The van der Waals surface area contributed by atoms with Crippen LogP contribution in [0.3, 0.4) is 0 Å². The summed E-state index contributed by atoms with van der Waals surface area (Å²) >= 11 is 0. The van der Waals surface area contributed by atoms with Crippen LogP contribution in [0.1, 0.15) is 6.92 Å². The number of rotatable bonds is 5. The van der Waals surface area contributed by atoms with E-state index in [1.54, 1.807) is 0 Å². The summed E-state index contributed by atoms with van der Waals surface area (Å²) < 4.78 is 11.3. The molecule has 1 N–H and O–H groups in total. The molecule has 0 saturated heterocycles. The van der Waals surface area contributed by atoms with Gasteiger partial charge in [-0.3, -0.25) is 4.21 Å². The van der Waals surface area contributed by atoms with E-state index in [0.29, 0.717) is 5.75 Å². The van der Waals surface area contributed by atoms with Gasteiger partial charge in [-0.1, -0.05) is 37.3 Å². The largest absolute Gasteiger partial charge is 0.384 e. The Kier molecular flexibility index (Phi) is 4.15. The Morgan fingerprint density at radius 2 is 1.88 bits per heavy atom. The van der Waals surface area contributed by atoms with Crippen LogP contribution in [0.5, 0.6) is 0 Å². The Morgan fingerprint density at radius 1 is 1.12 bits per heavy atom. The van der Waals surface area contributed by atoms with Crippen LogP contribution in [0.25, 0.3) is 10.8 Å². The van der Waals surface area contributed by atoms with Crippen LogP contribution in [-0.4, -0.2) is 22.3 Å². The minimum absolute atomic E-state index is 0.690. The van der Waals surface area contributed by atoms with E-state index in [-0.39, 0.29) is 0 Å². The Labute approximate surface area is 104 Å². The fourth-order valence-electron chi connectivity index (χ4n) is 1.75. The average Bonchev–Trinajstić information content (AvgIpc) is 2.38. The van der Waals surface area contributed by atoms with Crippen LogP contribution in [0, 0.1) is 0 Å². The van der Waals surface area contributed by atoms with Crippen molar-refractivity contribution >= 4 is 27.3 Å². The molecule has 17 heavy (non-hydrogen) atoms. The van der Waals surface area contributed by atoms with E-state index >= 15 is 0 Å². The average molecular weight is 247 g/mol. The van der Waals surface area contributed by atoms with E-state index in [1.165, 1.54) is 10.8 Å². The lowest BCUT2D eigenvalue weighted by atomic mass is 10.1. The summed E-state index contributed by atoms with van der Waals surface area (Å²) in [6, 6.07) is 14.6. The fourth-order valence-corrected chi connectivity index (χ4v) is 2.37. The van der Waals surface area contributed by atoms with Gasteiger partial charge in [0.2, 0.25) is 0 Å². The zero-order valence-corrected chi connectivity index (χ0v) is 10.8. The molecule has 0 amide bonds. The van der Waals surface area contributed by atoms with E-state index in [1.807, 2.05) is 19.1 Å². The van der Waals surface area contributed by atoms with Gasteiger partial charge in [-0.2, -0.15) is 0 Å². The van der Waals surface area contributed by atoms with Crippen molar-refractivity contribution in [3.8, 4) is 0 Å². The molecular weight excluding hydrogens is 230 g/mol. The van der Waals surface area contributed by atoms with Gasteiger partial charge in [0.15, 0.2) is 0 Å². The molecule has 0 aliphatic heterocycles. The molecule has 3 heteroatoms. The second kappa shape index (κ2) is 5.82. The first-order chi connectivity index (χ1) is 8.29. The highest BCUT2D eigenvalue weighted by molar-refractivity contribution is 7.84. The predicted octanol–water partition coefficient (Wildman–Crippen LogP) is 3.02. The van der Waals surface area contributed by atoms with Crippen molar-refractivity contribution in [2.75, 3.05) is 23.4 Å². The van der Waals surface area contributed by atoms with Crippen molar-refractivity contribution in [3.05, 3.63) is 42.5 Å². The molecule has 2 aromatic carbocycles. The molecule has 0 radical (unpaired) electrons. The lowest BCUT2D eigenvalue weighted by molar-refractivity contribution is 0.684. The molecule has 1 atom stereocenters. The molecule has 0 fully saturated rings. The molecule has 0 aliphatic carbocycles. The zero-order chi connectivity index (χ0) is 12.1. The summed E-state index contributed by atoms with van der Waals surface area (Å²) in [7, 11) is -0.690. The molecule has 0 spiro atoms. The summed E-state index contributed by atoms with van der Waals surface area (Å²) in [4.78, 5) is 0. The molecule has 0 aliphatic rings. The maximum absolute atomic E-state index is 11.3. The Balaban J connectivity index is 2.02. The monoisotopic (exact) mass is 247 g/mol. The molecular formula is C14H17NOS. The maximum atomic E-state index is 11.3. The predicted molar refractivity (Wildman–Crippen MR) is 76.0 cm³/mol. The van der Waals surface area contributed by atoms with Gasteiger partial charge in [-0.25, -0.2) is 0 Å². The molecule has 0 heterocycles. The molecule has 0 saturated carbocycles. The van der Waals surface area contributed by atoms with Gasteiger partial charge in [0.05, 0.1) is 0 Å². The Bertz CT molecular complexity index is 524. The van der Waals surface area contributed by atoms with Gasteiger partial charge in [0.25, 0.3) is 0 Å². The smallest absolute Gasteiger partial charge is 0.0408 e. The molecule has 2 nitrogen and oxygen atoms in total. The lowest BCUT2D eigenvalue weighted by Gasteiger charge is -2.07. The molecule has 0 aromatic heterocycles. The van der Waals surface area contributed by atoms with Crippen molar-refractivity contribution < 1.29 is 4.21 Å². The van der Waals surface area contributed by atoms with Crippen LogP contribution >= 0.6 is 0 Å². The highest BCUT2D eigenvalue weighted by Crippen LogP contribution is 2.18. The van der Waals surface area contributed by atoms with Gasteiger partial charge in [-0.15, -0.1) is 0 Å². The lowest BCUT2D eigenvalue weighted by Crippen LogP contribution is -2.11. The number of benzene rings is 2. The SMILES string of the molecule is CCS(=O)CCNc1ccc2ccccc2c1. The number of hydrogen-bond donors (Lipinski definition) is 1. The van der Waals surface area contributed by atoms with Crippen LogP contribution in [-0.2, 0) is 10.8 Å². The summed E-state index contributed by atoms with van der Waals surface area (Å²) in [5.41, 5.74) is 1.09. The van der Waals surface area contributed by atoms with E-state index < -0.39 is 10.8 Å². The first-order valence-electron chi connectivity index (χ1n) is 5.87. The molecule has 0 bridgehead atoms. The summed E-state index contributed by atoms with van der Waals surface area (Å²) in [6.07, 6.45) is 0. The highest BCUT2D eigenvalue weighted by Gasteiger charge is 1.97. The van der Waals surface area contributed by atoms with Gasteiger partial charge < -0.3 is 5.32 Å². The van der Waals surface area contributed by atoms with E-state index in [0.717, 1.165) is 18.0 Å². The minimum atomic E-state index is -0.690. The van der Waals surface area contributed by atoms with Gasteiger partial charge in [0.1, 0.15) is 0 Å². The second-order valence-electron chi connectivity index (χ2n) is 3.92. The highest BCUT2D eigenvalue weighted by atomic mass is 32.2. The molecule has 2 aromatic rings. The summed E-state index contributed by atoms with van der Waals surface area (Å²) in [5.74, 6) is 1.45. The van der Waals surface area contributed by atoms with Crippen LogP contribution < -0.4 is 5.32 Å². The number of anilines is 1.